The van der Waals surface area contributed by atoms with Gasteiger partial charge in [0.1, 0.15) is 5.75 Å². The fourth-order valence-electron chi connectivity index (χ4n) is 1.53. The number of rotatable bonds is 4. The summed E-state index contributed by atoms with van der Waals surface area (Å²) in [5.74, 6) is 0.453. The van der Waals surface area contributed by atoms with E-state index < -0.39 is 0 Å². The Hall–Kier alpha value is -1.74. The van der Waals surface area contributed by atoms with E-state index in [0.29, 0.717) is 16.5 Å². The van der Waals surface area contributed by atoms with Crippen molar-refractivity contribution in [2.45, 2.75) is 0 Å². The van der Waals surface area contributed by atoms with Gasteiger partial charge in [0.05, 0.1) is 10.7 Å². The van der Waals surface area contributed by atoms with Crippen molar-refractivity contribution >= 4 is 17.4 Å². The van der Waals surface area contributed by atoms with Gasteiger partial charge in [0, 0.05) is 13.2 Å². The Kier molecular flexibility index (Phi) is 3.49. The van der Waals surface area contributed by atoms with Crippen LogP contribution in [0.1, 0.15) is 10.5 Å². The molecule has 0 amide bonds. The smallest absolute Gasteiger partial charge is 0.216 e. The third-order valence-corrected chi connectivity index (χ3v) is 2.74. The zero-order chi connectivity index (χ0) is 12.3. The maximum atomic E-state index is 11.8. The summed E-state index contributed by atoms with van der Waals surface area (Å²) in [7, 11) is 1.82. The largest absolute Gasteiger partial charge is 0.484 e. The van der Waals surface area contributed by atoms with Gasteiger partial charge >= 0.3 is 0 Å². The number of benzene rings is 1. The summed E-state index contributed by atoms with van der Waals surface area (Å²) in [6.07, 6.45) is 1.82. The lowest BCUT2D eigenvalue weighted by atomic mass is 10.3. The Morgan fingerprint density at radius 1 is 1.29 bits per heavy atom. The standard InChI is InChI=1S/C13H12ClNO2/c1-15-8-4-6-11(15)12(16)9-17-13-7-3-2-5-10(13)14/h2-8H,9H2,1H3. The van der Waals surface area contributed by atoms with E-state index in [2.05, 4.69) is 0 Å². The second-order valence-corrected chi connectivity index (χ2v) is 4.05. The molecule has 0 aliphatic heterocycles. The predicted molar refractivity (Wildman–Crippen MR) is 66.7 cm³/mol. The molecule has 0 saturated carbocycles. The van der Waals surface area contributed by atoms with E-state index in [-0.39, 0.29) is 12.4 Å². The van der Waals surface area contributed by atoms with Gasteiger partial charge in [0.25, 0.3) is 0 Å². The second-order valence-electron chi connectivity index (χ2n) is 3.65. The van der Waals surface area contributed by atoms with Crippen LogP contribution in [-0.4, -0.2) is 17.0 Å². The number of halogens is 1. The van der Waals surface area contributed by atoms with Crippen LogP contribution in [0.5, 0.6) is 5.75 Å². The van der Waals surface area contributed by atoms with Crippen molar-refractivity contribution in [3.8, 4) is 5.75 Å². The number of aryl methyl sites for hydroxylation is 1. The van der Waals surface area contributed by atoms with Crippen molar-refractivity contribution in [3.63, 3.8) is 0 Å². The highest BCUT2D eigenvalue weighted by molar-refractivity contribution is 6.32. The summed E-state index contributed by atoms with van der Waals surface area (Å²) < 4.78 is 7.14. The van der Waals surface area contributed by atoms with E-state index in [1.807, 2.05) is 31.4 Å². The molecule has 0 aliphatic rings. The molecule has 1 heterocycles. The second kappa shape index (κ2) is 5.06. The van der Waals surface area contributed by atoms with Gasteiger partial charge in [-0.3, -0.25) is 4.79 Å². The van der Waals surface area contributed by atoms with Crippen molar-refractivity contribution < 1.29 is 9.53 Å². The first-order valence-electron chi connectivity index (χ1n) is 5.20. The number of hydrogen-bond acceptors (Lipinski definition) is 2. The van der Waals surface area contributed by atoms with Crippen molar-refractivity contribution in [1.29, 1.82) is 0 Å². The molecule has 0 radical (unpaired) electrons. The molecule has 0 fully saturated rings. The minimum atomic E-state index is -0.0718. The third-order valence-electron chi connectivity index (χ3n) is 2.42. The quantitative estimate of drug-likeness (QED) is 0.780. The Morgan fingerprint density at radius 3 is 2.71 bits per heavy atom. The maximum absolute atomic E-state index is 11.8. The van der Waals surface area contributed by atoms with Crippen LogP contribution in [0.15, 0.2) is 42.6 Å². The minimum absolute atomic E-state index is 0.0123. The lowest BCUT2D eigenvalue weighted by Crippen LogP contribution is -2.14. The number of ether oxygens (including phenoxy) is 1. The van der Waals surface area contributed by atoms with Gasteiger partial charge in [-0.25, -0.2) is 0 Å². The molecule has 4 heteroatoms. The topological polar surface area (TPSA) is 31.2 Å². The number of Topliss-reactive ketones (excluding diaryl/α,β-unsaturated/α-hetero) is 1. The molecule has 3 nitrogen and oxygen atoms in total. The molecular weight excluding hydrogens is 238 g/mol. The van der Waals surface area contributed by atoms with Crippen LogP contribution in [0, 0.1) is 0 Å². The normalized spacial score (nSPS) is 10.2. The molecular formula is C13H12ClNO2. The summed E-state index contributed by atoms with van der Waals surface area (Å²) >= 11 is 5.92. The molecule has 1 aromatic heterocycles. The molecule has 2 aromatic rings. The zero-order valence-electron chi connectivity index (χ0n) is 9.39. The first-order valence-corrected chi connectivity index (χ1v) is 5.58. The fourth-order valence-corrected chi connectivity index (χ4v) is 1.72. The monoisotopic (exact) mass is 249 g/mol. The van der Waals surface area contributed by atoms with E-state index >= 15 is 0 Å². The van der Waals surface area contributed by atoms with E-state index in [9.17, 15) is 4.79 Å². The predicted octanol–water partition coefficient (Wildman–Crippen LogP) is 2.94. The van der Waals surface area contributed by atoms with Crippen LogP contribution in [0.25, 0.3) is 0 Å². The van der Waals surface area contributed by atoms with Crippen molar-refractivity contribution in [2.75, 3.05) is 6.61 Å². The van der Waals surface area contributed by atoms with Crippen LogP contribution < -0.4 is 4.74 Å². The number of carbonyl (C=O) groups is 1. The lowest BCUT2D eigenvalue weighted by Gasteiger charge is -2.07. The van der Waals surface area contributed by atoms with Crippen molar-refractivity contribution in [3.05, 3.63) is 53.3 Å². The molecule has 88 valence electrons. The zero-order valence-corrected chi connectivity index (χ0v) is 10.1. The molecule has 0 atom stereocenters. The number of hydrogen-bond donors (Lipinski definition) is 0. The Bertz CT molecular complexity index is 534. The van der Waals surface area contributed by atoms with Crippen molar-refractivity contribution in [1.82, 2.24) is 4.57 Å². The summed E-state index contributed by atoms with van der Waals surface area (Å²) in [6.45, 7) is -0.0123. The summed E-state index contributed by atoms with van der Waals surface area (Å²) in [4.78, 5) is 11.8. The lowest BCUT2D eigenvalue weighted by molar-refractivity contribution is 0.0913. The molecule has 0 unspecified atom stereocenters. The minimum Gasteiger partial charge on any atom is -0.484 e. The molecule has 0 saturated heterocycles. The summed E-state index contributed by atoms with van der Waals surface area (Å²) in [5, 5.41) is 0.507. The fraction of sp³-hybridized carbons (Fsp3) is 0.154. The van der Waals surface area contributed by atoms with Crippen LogP contribution in [0.2, 0.25) is 5.02 Å². The van der Waals surface area contributed by atoms with Crippen LogP contribution in [0.3, 0.4) is 0 Å². The van der Waals surface area contributed by atoms with Gasteiger partial charge in [-0.05, 0) is 24.3 Å². The molecule has 0 bridgehead atoms. The van der Waals surface area contributed by atoms with Gasteiger partial charge < -0.3 is 9.30 Å². The average Bonchev–Trinajstić information content (AvgIpc) is 2.74. The van der Waals surface area contributed by atoms with Crippen LogP contribution in [0.4, 0.5) is 0 Å². The Labute approximate surface area is 105 Å². The van der Waals surface area contributed by atoms with Crippen molar-refractivity contribution in [2.24, 2.45) is 7.05 Å². The van der Waals surface area contributed by atoms with E-state index in [1.54, 1.807) is 22.8 Å². The molecule has 0 spiro atoms. The number of carbonyl (C=O) groups excluding carboxylic acids is 1. The third kappa shape index (κ3) is 2.68. The summed E-state index contributed by atoms with van der Waals surface area (Å²) in [6, 6.07) is 10.7. The molecule has 1 aromatic carbocycles. The Morgan fingerprint density at radius 2 is 2.06 bits per heavy atom. The van der Waals surface area contributed by atoms with Crippen LogP contribution in [-0.2, 0) is 7.05 Å². The Balaban J connectivity index is 2.02. The van der Waals surface area contributed by atoms with Gasteiger partial charge in [-0.1, -0.05) is 23.7 Å². The highest BCUT2D eigenvalue weighted by Crippen LogP contribution is 2.23. The summed E-state index contributed by atoms with van der Waals surface area (Å²) in [5.41, 5.74) is 0.622. The van der Waals surface area contributed by atoms with E-state index in [0.717, 1.165) is 0 Å². The number of aromatic nitrogens is 1. The highest BCUT2D eigenvalue weighted by Gasteiger charge is 2.10. The first kappa shape index (κ1) is 11.7. The first-order chi connectivity index (χ1) is 8.18. The van der Waals surface area contributed by atoms with E-state index in [4.69, 9.17) is 16.3 Å². The molecule has 17 heavy (non-hydrogen) atoms. The van der Waals surface area contributed by atoms with Gasteiger partial charge in [-0.2, -0.15) is 0 Å². The SMILES string of the molecule is Cn1cccc1C(=O)COc1ccccc1Cl. The number of nitrogens with zero attached hydrogens (tertiary/aromatic N) is 1. The van der Waals surface area contributed by atoms with E-state index in [1.165, 1.54) is 0 Å². The molecule has 0 N–H and O–H groups in total. The number of para-hydroxylation sites is 1. The highest BCUT2D eigenvalue weighted by atomic mass is 35.5. The van der Waals surface area contributed by atoms with Gasteiger partial charge in [-0.15, -0.1) is 0 Å². The van der Waals surface area contributed by atoms with Gasteiger partial charge in [0.2, 0.25) is 5.78 Å². The van der Waals surface area contributed by atoms with Crippen LogP contribution >= 0.6 is 11.6 Å². The number of ketones is 1. The average molecular weight is 250 g/mol. The molecule has 0 aliphatic carbocycles. The maximum Gasteiger partial charge on any atom is 0.216 e. The molecule has 2 rings (SSSR count). The van der Waals surface area contributed by atoms with Gasteiger partial charge in [0.15, 0.2) is 6.61 Å².